The Hall–Kier alpha value is -2.45. The summed E-state index contributed by atoms with van der Waals surface area (Å²) in [5.74, 6) is -1.82. The molecule has 1 unspecified atom stereocenters. The monoisotopic (exact) mass is 296 g/mol. The van der Waals surface area contributed by atoms with E-state index >= 15 is 0 Å². The average Bonchev–Trinajstić information content (AvgIpc) is 3.06. The van der Waals surface area contributed by atoms with Crippen molar-refractivity contribution >= 4 is 17.6 Å². The molecular formula is C12H16N4O5. The predicted octanol–water partition coefficient (Wildman–Crippen LogP) is 1.11. The summed E-state index contributed by atoms with van der Waals surface area (Å²) in [5, 5.41) is 26.2. The van der Waals surface area contributed by atoms with Crippen LogP contribution in [0.2, 0.25) is 0 Å². The summed E-state index contributed by atoms with van der Waals surface area (Å²) in [4.78, 5) is 33.0. The minimum Gasteiger partial charge on any atom is -0.476 e. The lowest BCUT2D eigenvalue weighted by Crippen LogP contribution is -2.37. The maximum Gasteiger partial charge on any atom is 0.363 e. The van der Waals surface area contributed by atoms with E-state index < -0.39 is 28.3 Å². The van der Waals surface area contributed by atoms with E-state index in [1.54, 1.807) is 0 Å². The normalized spacial score (nSPS) is 16.6. The smallest absolute Gasteiger partial charge is 0.363 e. The molecule has 0 aromatic carbocycles. The van der Waals surface area contributed by atoms with Gasteiger partial charge >= 0.3 is 11.7 Å². The number of nitrogens with one attached hydrogen (secondary N) is 1. The van der Waals surface area contributed by atoms with Crippen LogP contribution in [0.5, 0.6) is 0 Å². The van der Waals surface area contributed by atoms with Gasteiger partial charge in [0, 0.05) is 6.04 Å². The number of hydrogen-bond donors (Lipinski definition) is 2. The standard InChI is InChI=1S/C12H16N4O5/c1-7(11(17)13-8-4-2-3-5-8)15-6-9(16(20)21)10(14-15)12(18)19/h6-8H,2-5H2,1H3,(H,13,17)(H,18,19). The van der Waals surface area contributed by atoms with Gasteiger partial charge in [-0.05, 0) is 19.8 Å². The number of hydrogen-bond acceptors (Lipinski definition) is 5. The Balaban J connectivity index is 2.16. The third-order valence-electron chi connectivity index (χ3n) is 3.59. The third-order valence-corrected chi connectivity index (χ3v) is 3.59. The van der Waals surface area contributed by atoms with E-state index in [1.807, 2.05) is 0 Å². The number of aromatic nitrogens is 2. The van der Waals surface area contributed by atoms with Crippen LogP contribution in [0.3, 0.4) is 0 Å². The Morgan fingerprint density at radius 1 is 1.52 bits per heavy atom. The number of carboxylic acids is 1. The number of nitrogens with zero attached hydrogens (tertiary/aromatic N) is 3. The van der Waals surface area contributed by atoms with Crippen LogP contribution in [-0.4, -0.2) is 37.7 Å². The van der Waals surface area contributed by atoms with Crippen molar-refractivity contribution in [2.45, 2.75) is 44.7 Å². The van der Waals surface area contributed by atoms with Gasteiger partial charge in [-0.2, -0.15) is 5.10 Å². The first kappa shape index (κ1) is 14.9. The van der Waals surface area contributed by atoms with Crippen molar-refractivity contribution in [3.05, 3.63) is 22.0 Å². The van der Waals surface area contributed by atoms with E-state index in [4.69, 9.17) is 5.11 Å². The Labute approximate surface area is 120 Å². The first-order valence-corrected chi connectivity index (χ1v) is 6.67. The highest BCUT2D eigenvalue weighted by Crippen LogP contribution is 2.21. The van der Waals surface area contributed by atoms with Gasteiger partial charge in [0.2, 0.25) is 11.6 Å². The highest BCUT2D eigenvalue weighted by atomic mass is 16.6. The van der Waals surface area contributed by atoms with E-state index in [0.29, 0.717) is 0 Å². The van der Waals surface area contributed by atoms with Gasteiger partial charge in [0.1, 0.15) is 12.2 Å². The summed E-state index contributed by atoms with van der Waals surface area (Å²) in [7, 11) is 0. The molecule has 1 aliphatic carbocycles. The van der Waals surface area contributed by atoms with Gasteiger partial charge in [-0.15, -0.1) is 0 Å². The summed E-state index contributed by atoms with van der Waals surface area (Å²) < 4.78 is 1.02. The number of carboxylic acid groups (broad SMARTS) is 1. The molecule has 1 aromatic rings. The number of carbonyl (C=O) groups excluding carboxylic acids is 1. The van der Waals surface area contributed by atoms with Crippen LogP contribution in [0.15, 0.2) is 6.20 Å². The van der Waals surface area contributed by atoms with Gasteiger partial charge in [-0.3, -0.25) is 19.6 Å². The van der Waals surface area contributed by atoms with Crippen LogP contribution < -0.4 is 5.32 Å². The molecular weight excluding hydrogens is 280 g/mol. The summed E-state index contributed by atoms with van der Waals surface area (Å²) in [6.45, 7) is 1.52. The summed E-state index contributed by atoms with van der Waals surface area (Å²) in [6.07, 6.45) is 4.93. The van der Waals surface area contributed by atoms with Gasteiger partial charge in [-0.25, -0.2) is 4.79 Å². The second-order valence-electron chi connectivity index (χ2n) is 5.07. The molecule has 1 fully saturated rings. The fourth-order valence-electron chi connectivity index (χ4n) is 2.38. The van der Waals surface area contributed by atoms with E-state index in [2.05, 4.69) is 10.4 Å². The van der Waals surface area contributed by atoms with E-state index in [-0.39, 0.29) is 11.9 Å². The van der Waals surface area contributed by atoms with Crippen molar-refractivity contribution in [3.8, 4) is 0 Å². The molecule has 0 spiro atoms. The molecule has 1 heterocycles. The molecule has 0 aliphatic heterocycles. The maximum atomic E-state index is 12.1. The molecule has 0 radical (unpaired) electrons. The Bertz CT molecular complexity index is 545. The first-order valence-electron chi connectivity index (χ1n) is 6.67. The van der Waals surface area contributed by atoms with Crippen LogP contribution in [0.4, 0.5) is 5.69 Å². The molecule has 21 heavy (non-hydrogen) atoms. The molecule has 1 saturated carbocycles. The van der Waals surface area contributed by atoms with Crippen molar-refractivity contribution in [2.24, 2.45) is 0 Å². The third kappa shape index (κ3) is 3.18. The first-order chi connectivity index (χ1) is 9.90. The minimum atomic E-state index is -1.50. The van der Waals surface area contributed by atoms with Gasteiger partial charge in [0.25, 0.3) is 0 Å². The molecule has 0 bridgehead atoms. The summed E-state index contributed by atoms with van der Waals surface area (Å²) in [6, 6.07) is -0.693. The lowest BCUT2D eigenvalue weighted by molar-refractivity contribution is -0.385. The molecule has 2 N–H and O–H groups in total. The summed E-state index contributed by atoms with van der Waals surface area (Å²) in [5.41, 5.74) is -1.29. The second-order valence-corrected chi connectivity index (χ2v) is 5.07. The summed E-state index contributed by atoms with van der Waals surface area (Å²) >= 11 is 0. The zero-order chi connectivity index (χ0) is 15.6. The molecule has 1 aliphatic rings. The van der Waals surface area contributed by atoms with Crippen molar-refractivity contribution in [2.75, 3.05) is 0 Å². The highest BCUT2D eigenvalue weighted by Gasteiger charge is 2.29. The van der Waals surface area contributed by atoms with Crippen molar-refractivity contribution < 1.29 is 19.6 Å². The van der Waals surface area contributed by atoms with Crippen LogP contribution in [-0.2, 0) is 4.79 Å². The van der Waals surface area contributed by atoms with Crippen LogP contribution in [0, 0.1) is 10.1 Å². The van der Waals surface area contributed by atoms with Gasteiger partial charge in [-0.1, -0.05) is 12.8 Å². The molecule has 9 nitrogen and oxygen atoms in total. The zero-order valence-electron chi connectivity index (χ0n) is 11.5. The largest absolute Gasteiger partial charge is 0.476 e. The average molecular weight is 296 g/mol. The minimum absolute atomic E-state index is 0.115. The maximum absolute atomic E-state index is 12.1. The van der Waals surface area contributed by atoms with Crippen molar-refractivity contribution in [3.63, 3.8) is 0 Å². The Kier molecular flexibility index (Phi) is 4.20. The van der Waals surface area contributed by atoms with Crippen molar-refractivity contribution in [1.82, 2.24) is 15.1 Å². The van der Waals surface area contributed by atoms with E-state index in [9.17, 15) is 19.7 Å². The molecule has 9 heteroatoms. The lowest BCUT2D eigenvalue weighted by atomic mass is 10.2. The van der Waals surface area contributed by atoms with Crippen LogP contribution in [0.1, 0.15) is 49.1 Å². The number of aromatic carboxylic acids is 1. The highest BCUT2D eigenvalue weighted by molar-refractivity contribution is 5.90. The van der Waals surface area contributed by atoms with Crippen molar-refractivity contribution in [1.29, 1.82) is 0 Å². The van der Waals surface area contributed by atoms with Gasteiger partial charge in [0.05, 0.1) is 4.92 Å². The predicted molar refractivity (Wildman–Crippen MR) is 71.0 cm³/mol. The van der Waals surface area contributed by atoms with E-state index in [1.165, 1.54) is 6.92 Å². The molecule has 114 valence electrons. The van der Waals surface area contributed by atoms with E-state index in [0.717, 1.165) is 36.6 Å². The molecule has 0 saturated heterocycles. The SMILES string of the molecule is CC(C(=O)NC1CCCC1)n1cc([N+](=O)[O-])c(C(=O)O)n1. The Morgan fingerprint density at radius 3 is 2.62 bits per heavy atom. The lowest BCUT2D eigenvalue weighted by Gasteiger charge is -2.16. The van der Waals surface area contributed by atoms with Crippen LogP contribution >= 0.6 is 0 Å². The molecule has 2 rings (SSSR count). The Morgan fingerprint density at radius 2 is 2.14 bits per heavy atom. The molecule has 1 amide bonds. The number of rotatable bonds is 5. The molecule has 1 aromatic heterocycles. The topological polar surface area (TPSA) is 127 Å². The van der Waals surface area contributed by atoms with Gasteiger partial charge < -0.3 is 10.4 Å². The number of carbonyl (C=O) groups is 2. The van der Waals surface area contributed by atoms with Gasteiger partial charge in [0.15, 0.2) is 0 Å². The quantitative estimate of drug-likeness (QED) is 0.618. The second kappa shape index (κ2) is 5.90. The number of amides is 1. The number of nitro groups is 1. The molecule has 1 atom stereocenters. The fourth-order valence-corrected chi connectivity index (χ4v) is 2.38. The zero-order valence-corrected chi connectivity index (χ0v) is 11.5. The van der Waals surface area contributed by atoms with Crippen LogP contribution in [0.25, 0.3) is 0 Å². The fraction of sp³-hybridized carbons (Fsp3) is 0.583.